The van der Waals surface area contributed by atoms with Gasteiger partial charge in [-0.3, -0.25) is 19.5 Å². The number of carbonyl (C=O) groups excluding carboxylic acids is 2. The van der Waals surface area contributed by atoms with Crippen molar-refractivity contribution in [2.24, 2.45) is 11.3 Å². The van der Waals surface area contributed by atoms with Gasteiger partial charge in [0.15, 0.2) is 0 Å². The molecule has 1 N–H and O–H groups in total. The van der Waals surface area contributed by atoms with Crippen LogP contribution in [0.2, 0.25) is 0 Å². The summed E-state index contributed by atoms with van der Waals surface area (Å²) in [5, 5.41) is 3.64. The average molecular weight is 570 g/mol. The van der Waals surface area contributed by atoms with Crippen LogP contribution >= 0.6 is 0 Å². The predicted octanol–water partition coefficient (Wildman–Crippen LogP) is 5.74. The number of pyridine rings is 1. The zero-order valence-corrected chi connectivity index (χ0v) is 24.3. The molecule has 4 aromatic rings. The van der Waals surface area contributed by atoms with E-state index in [1.807, 2.05) is 42.5 Å². The molecule has 2 fully saturated rings. The van der Waals surface area contributed by atoms with Gasteiger partial charge in [-0.15, -0.1) is 0 Å². The normalized spacial score (nSPS) is 25.0. The highest BCUT2D eigenvalue weighted by Gasteiger charge is 2.69. The van der Waals surface area contributed by atoms with Crippen LogP contribution < -0.4 is 10.1 Å². The molecule has 8 rings (SSSR count). The summed E-state index contributed by atoms with van der Waals surface area (Å²) >= 11 is 0. The van der Waals surface area contributed by atoms with Gasteiger partial charge in [0.25, 0.3) is 5.91 Å². The first-order chi connectivity index (χ1) is 21.0. The Morgan fingerprint density at radius 2 is 1.72 bits per heavy atom. The summed E-state index contributed by atoms with van der Waals surface area (Å²) < 4.78 is 5.56. The zero-order chi connectivity index (χ0) is 29.6. The van der Waals surface area contributed by atoms with E-state index in [1.165, 1.54) is 21.6 Å². The van der Waals surface area contributed by atoms with E-state index in [2.05, 4.69) is 65.4 Å². The van der Waals surface area contributed by atoms with Crippen molar-refractivity contribution in [3.8, 4) is 5.75 Å². The van der Waals surface area contributed by atoms with Crippen LogP contribution in [0.4, 0.5) is 0 Å². The van der Waals surface area contributed by atoms with Crippen LogP contribution in [0.5, 0.6) is 5.75 Å². The third kappa shape index (κ3) is 4.00. The summed E-state index contributed by atoms with van der Waals surface area (Å²) in [4.78, 5) is 35.8. The van der Waals surface area contributed by atoms with Gasteiger partial charge in [-0.05, 0) is 47.7 Å². The average Bonchev–Trinajstić information content (AvgIpc) is 3.55. The molecule has 3 aliphatic carbocycles. The van der Waals surface area contributed by atoms with Gasteiger partial charge in [-0.25, -0.2) is 0 Å². The molecule has 0 unspecified atom stereocenters. The van der Waals surface area contributed by atoms with Crippen LogP contribution in [0.15, 0.2) is 110 Å². The van der Waals surface area contributed by atoms with Crippen molar-refractivity contribution in [2.45, 2.75) is 30.7 Å². The summed E-state index contributed by atoms with van der Waals surface area (Å²) in [7, 11) is 1.57. The number of nitrogens with zero attached hydrogens (tertiary/aromatic N) is 2. The monoisotopic (exact) mass is 569 g/mol. The highest BCUT2D eigenvalue weighted by Crippen LogP contribution is 2.68. The van der Waals surface area contributed by atoms with Gasteiger partial charge in [-0.1, -0.05) is 85.4 Å². The largest absolute Gasteiger partial charge is 0.496 e. The Bertz CT molecular complexity index is 1700. The molecule has 0 radical (unpaired) electrons. The van der Waals surface area contributed by atoms with E-state index in [1.54, 1.807) is 19.4 Å². The Kier molecular flexibility index (Phi) is 6.74. The fourth-order valence-electron chi connectivity index (χ4n) is 8.40. The number of nitrogens with one attached hydrogen (secondary N) is 1. The molecule has 2 bridgehead atoms. The van der Waals surface area contributed by atoms with E-state index in [0.29, 0.717) is 30.1 Å². The number of hydrogen-bond donors (Lipinski definition) is 1. The molecule has 2 heterocycles. The second-order valence-corrected chi connectivity index (χ2v) is 11.9. The number of methoxy groups -OCH3 is 1. The first-order valence-corrected chi connectivity index (χ1v) is 15.0. The number of benzene rings is 3. The molecule has 4 aliphatic rings. The first kappa shape index (κ1) is 27.3. The lowest BCUT2D eigenvalue weighted by atomic mass is 9.42. The molecule has 1 saturated carbocycles. The minimum atomic E-state index is -0.812. The third-order valence-electron chi connectivity index (χ3n) is 10.2. The van der Waals surface area contributed by atoms with E-state index < -0.39 is 11.3 Å². The van der Waals surface area contributed by atoms with Crippen molar-refractivity contribution >= 4 is 17.4 Å². The SMILES string of the molecule is C=C(C(=O)N(Cc1ccccn1)C(=O)[C@]12CNC[C@H]1[C@@]1(c3ccccc3)CC[C@@H]2c2ccccc21)c1ccccc1OC. The minimum Gasteiger partial charge on any atom is -0.496 e. The van der Waals surface area contributed by atoms with E-state index in [-0.39, 0.29) is 35.3 Å². The topological polar surface area (TPSA) is 71.5 Å². The van der Waals surface area contributed by atoms with Crippen molar-refractivity contribution in [1.29, 1.82) is 0 Å². The number of amides is 2. The van der Waals surface area contributed by atoms with Gasteiger partial charge in [0.2, 0.25) is 5.91 Å². The third-order valence-corrected chi connectivity index (χ3v) is 10.2. The Morgan fingerprint density at radius 3 is 2.51 bits per heavy atom. The summed E-state index contributed by atoms with van der Waals surface area (Å²) in [6.45, 7) is 5.47. The summed E-state index contributed by atoms with van der Waals surface area (Å²) in [6.07, 6.45) is 3.52. The molecule has 216 valence electrons. The molecule has 6 heteroatoms. The maximum absolute atomic E-state index is 15.4. The van der Waals surface area contributed by atoms with E-state index >= 15 is 4.79 Å². The maximum atomic E-state index is 15.4. The highest BCUT2D eigenvalue weighted by molar-refractivity contribution is 6.24. The zero-order valence-electron chi connectivity index (χ0n) is 24.3. The molecule has 1 aromatic heterocycles. The molecule has 1 aliphatic heterocycles. The number of aromatic nitrogens is 1. The lowest BCUT2D eigenvalue weighted by molar-refractivity contribution is -0.156. The Morgan fingerprint density at radius 1 is 0.977 bits per heavy atom. The molecule has 2 amide bonds. The molecule has 43 heavy (non-hydrogen) atoms. The lowest BCUT2D eigenvalue weighted by Crippen LogP contribution is -2.63. The van der Waals surface area contributed by atoms with Crippen molar-refractivity contribution in [3.63, 3.8) is 0 Å². The smallest absolute Gasteiger partial charge is 0.260 e. The maximum Gasteiger partial charge on any atom is 0.260 e. The van der Waals surface area contributed by atoms with Gasteiger partial charge >= 0.3 is 0 Å². The summed E-state index contributed by atoms with van der Waals surface area (Å²) in [5.41, 5.74) is 4.06. The highest BCUT2D eigenvalue weighted by atomic mass is 16.5. The van der Waals surface area contributed by atoms with Crippen LogP contribution in [0, 0.1) is 11.3 Å². The van der Waals surface area contributed by atoms with Gasteiger partial charge in [0.05, 0.1) is 24.8 Å². The molecular weight excluding hydrogens is 534 g/mol. The first-order valence-electron chi connectivity index (χ1n) is 15.0. The van der Waals surface area contributed by atoms with Crippen molar-refractivity contribution < 1.29 is 14.3 Å². The molecular formula is C37H35N3O3. The Balaban J connectivity index is 1.38. The lowest BCUT2D eigenvalue weighted by Gasteiger charge is -2.60. The van der Waals surface area contributed by atoms with Crippen LogP contribution in [0.3, 0.4) is 0 Å². The number of fused-ring (bicyclic) bond motifs is 1. The van der Waals surface area contributed by atoms with Crippen molar-refractivity contribution in [2.75, 3.05) is 20.2 Å². The number of ether oxygens (including phenoxy) is 1. The Hall–Kier alpha value is -4.55. The van der Waals surface area contributed by atoms with Gasteiger partial charge < -0.3 is 10.1 Å². The van der Waals surface area contributed by atoms with Crippen LogP contribution in [0.1, 0.15) is 46.7 Å². The number of rotatable bonds is 7. The number of para-hydroxylation sites is 1. The molecule has 0 spiro atoms. The van der Waals surface area contributed by atoms with E-state index in [9.17, 15) is 4.79 Å². The van der Waals surface area contributed by atoms with Crippen molar-refractivity contribution in [3.05, 3.63) is 138 Å². The van der Waals surface area contributed by atoms with Crippen LogP contribution in [-0.4, -0.2) is 41.9 Å². The molecule has 4 atom stereocenters. The van der Waals surface area contributed by atoms with E-state index in [4.69, 9.17) is 4.74 Å². The van der Waals surface area contributed by atoms with E-state index in [0.717, 1.165) is 12.8 Å². The summed E-state index contributed by atoms with van der Waals surface area (Å²) in [6, 6.07) is 32.2. The van der Waals surface area contributed by atoms with Crippen LogP contribution in [-0.2, 0) is 21.5 Å². The number of carbonyl (C=O) groups is 2. The molecule has 3 aromatic carbocycles. The van der Waals surface area contributed by atoms with Gasteiger partial charge in [-0.2, -0.15) is 0 Å². The van der Waals surface area contributed by atoms with Gasteiger partial charge in [0, 0.05) is 47.7 Å². The van der Waals surface area contributed by atoms with Gasteiger partial charge in [0.1, 0.15) is 5.75 Å². The Labute approximate surface area is 252 Å². The second-order valence-electron chi connectivity index (χ2n) is 11.9. The summed E-state index contributed by atoms with van der Waals surface area (Å²) in [5.74, 6) is -0.0850. The molecule has 1 saturated heterocycles. The fraction of sp³-hybridized carbons (Fsp3) is 0.270. The minimum absolute atomic E-state index is 0.0136. The van der Waals surface area contributed by atoms with Crippen LogP contribution in [0.25, 0.3) is 5.57 Å². The second kappa shape index (κ2) is 10.6. The number of hydrogen-bond acceptors (Lipinski definition) is 5. The predicted molar refractivity (Wildman–Crippen MR) is 166 cm³/mol. The fourth-order valence-corrected chi connectivity index (χ4v) is 8.40. The molecule has 6 nitrogen and oxygen atoms in total. The quantitative estimate of drug-likeness (QED) is 0.288. The van der Waals surface area contributed by atoms with Crippen molar-refractivity contribution in [1.82, 2.24) is 15.2 Å². The standard InChI is InChI=1S/C37H35N3O3/c1-25(28-15-7-9-18-32(28)43-2)34(41)40(23-27-14-10-11-21-39-27)35(42)37-24-38-22-33(37)36(26-12-4-3-5-13-26)20-19-31(37)29-16-6-8-17-30(29)36/h3-18,21,31,33,38H,1,19-20,22-24H2,2H3/t31-,33+,36-,37+/m1/s1. The number of imide groups is 1.